The van der Waals surface area contributed by atoms with E-state index in [9.17, 15) is 9.59 Å². The van der Waals surface area contributed by atoms with E-state index < -0.39 is 6.04 Å². The summed E-state index contributed by atoms with van der Waals surface area (Å²) in [5.41, 5.74) is 3.75. The van der Waals surface area contributed by atoms with Gasteiger partial charge in [0.25, 0.3) is 5.91 Å². The van der Waals surface area contributed by atoms with E-state index in [1.165, 1.54) is 0 Å². The second-order valence-corrected chi connectivity index (χ2v) is 9.15. The molecule has 0 heterocycles. The van der Waals surface area contributed by atoms with Gasteiger partial charge in [0.15, 0.2) is 6.61 Å². The number of carbonyl (C=O) groups is 2. The van der Waals surface area contributed by atoms with Crippen LogP contribution < -0.4 is 10.1 Å². The molecule has 0 aliphatic rings. The van der Waals surface area contributed by atoms with Crippen LogP contribution in [0.2, 0.25) is 5.02 Å². The molecule has 0 saturated carbocycles. The molecule has 188 valence electrons. The van der Waals surface area contributed by atoms with Crippen molar-refractivity contribution in [1.29, 1.82) is 0 Å². The third-order valence-corrected chi connectivity index (χ3v) is 6.28. The largest absolute Gasteiger partial charge is 0.482 e. The molecule has 1 atom stereocenters. The van der Waals surface area contributed by atoms with Crippen LogP contribution in [0.25, 0.3) is 0 Å². The molecular formula is C31H29ClN2O3. The Morgan fingerprint density at radius 3 is 2.11 bits per heavy atom. The number of rotatable bonds is 10. The van der Waals surface area contributed by atoms with Crippen LogP contribution in [-0.2, 0) is 22.7 Å². The fourth-order valence-corrected chi connectivity index (χ4v) is 4.18. The molecule has 0 radical (unpaired) electrons. The van der Waals surface area contributed by atoms with Crippen molar-refractivity contribution in [2.45, 2.75) is 26.1 Å². The summed E-state index contributed by atoms with van der Waals surface area (Å²) < 4.78 is 5.77. The minimum atomic E-state index is -0.853. The Bertz CT molecular complexity index is 1310. The maximum absolute atomic E-state index is 13.7. The highest BCUT2D eigenvalue weighted by molar-refractivity contribution is 6.32. The molecule has 2 amide bonds. The van der Waals surface area contributed by atoms with Crippen LogP contribution >= 0.6 is 11.6 Å². The smallest absolute Gasteiger partial charge is 0.261 e. The van der Waals surface area contributed by atoms with Crippen molar-refractivity contribution in [3.63, 3.8) is 0 Å². The number of carbonyl (C=O) groups excluding carboxylic acids is 2. The number of nitrogens with zero attached hydrogens (tertiary/aromatic N) is 1. The molecule has 4 rings (SSSR count). The van der Waals surface area contributed by atoms with E-state index in [1.807, 2.05) is 91.9 Å². The molecule has 0 spiro atoms. The quantitative estimate of drug-likeness (QED) is 0.279. The molecular weight excluding hydrogens is 484 g/mol. The van der Waals surface area contributed by atoms with Crippen LogP contribution in [0.15, 0.2) is 109 Å². The molecule has 0 unspecified atom stereocenters. The van der Waals surface area contributed by atoms with Gasteiger partial charge in [-0.25, -0.2) is 0 Å². The van der Waals surface area contributed by atoms with Crippen molar-refractivity contribution in [2.75, 3.05) is 6.61 Å². The number of benzene rings is 4. The predicted molar refractivity (Wildman–Crippen MR) is 146 cm³/mol. The Kier molecular flexibility index (Phi) is 8.95. The third-order valence-electron chi connectivity index (χ3n) is 5.97. The van der Waals surface area contributed by atoms with Gasteiger partial charge in [-0.2, -0.15) is 0 Å². The number of nitrogens with one attached hydrogen (secondary N) is 1. The molecule has 0 aromatic heterocycles. The molecule has 0 bridgehead atoms. The molecule has 37 heavy (non-hydrogen) atoms. The Morgan fingerprint density at radius 2 is 1.43 bits per heavy atom. The second-order valence-electron chi connectivity index (χ2n) is 8.74. The first kappa shape index (κ1) is 26.0. The minimum Gasteiger partial charge on any atom is -0.482 e. The first-order valence-corrected chi connectivity index (χ1v) is 12.5. The van der Waals surface area contributed by atoms with Gasteiger partial charge in [0, 0.05) is 13.1 Å². The number of hydrogen-bond acceptors (Lipinski definition) is 3. The number of amides is 2. The molecule has 6 heteroatoms. The standard InChI is InChI=1S/C31H29ClN2O3/c1-23-16-18-24(19-17-23)20-33-31(36)30(26-12-6-3-7-13-26)34(21-25-10-4-2-5-11-25)29(35)22-37-28-15-9-8-14-27(28)32/h2-19,30H,20-22H2,1H3,(H,33,36)/t30-/m1/s1. The lowest BCUT2D eigenvalue weighted by Gasteiger charge is -2.31. The molecule has 4 aromatic carbocycles. The highest BCUT2D eigenvalue weighted by Gasteiger charge is 2.31. The molecule has 5 nitrogen and oxygen atoms in total. The zero-order valence-electron chi connectivity index (χ0n) is 20.6. The summed E-state index contributed by atoms with van der Waals surface area (Å²) in [6.45, 7) is 2.35. The lowest BCUT2D eigenvalue weighted by molar-refractivity contribution is -0.143. The van der Waals surface area contributed by atoms with E-state index >= 15 is 0 Å². The summed E-state index contributed by atoms with van der Waals surface area (Å²) in [6.07, 6.45) is 0. The van der Waals surface area contributed by atoms with Crippen LogP contribution in [-0.4, -0.2) is 23.3 Å². The lowest BCUT2D eigenvalue weighted by Crippen LogP contribution is -2.45. The van der Waals surface area contributed by atoms with Gasteiger partial charge in [-0.3, -0.25) is 9.59 Å². The topological polar surface area (TPSA) is 58.6 Å². The van der Waals surface area contributed by atoms with Crippen LogP contribution in [0, 0.1) is 6.92 Å². The number of halogens is 1. The van der Waals surface area contributed by atoms with Crippen LogP contribution in [0.4, 0.5) is 0 Å². The Morgan fingerprint density at radius 1 is 0.811 bits per heavy atom. The van der Waals surface area contributed by atoms with Crippen LogP contribution in [0.3, 0.4) is 0 Å². The lowest BCUT2D eigenvalue weighted by atomic mass is 10.0. The van der Waals surface area contributed by atoms with E-state index in [4.69, 9.17) is 16.3 Å². The van der Waals surface area contributed by atoms with E-state index in [1.54, 1.807) is 29.2 Å². The maximum atomic E-state index is 13.7. The highest BCUT2D eigenvalue weighted by Crippen LogP contribution is 2.26. The first-order chi connectivity index (χ1) is 18.0. The minimum absolute atomic E-state index is 0.239. The van der Waals surface area contributed by atoms with E-state index in [0.717, 1.165) is 16.7 Å². The Labute approximate surface area is 222 Å². The molecule has 4 aromatic rings. The van der Waals surface area contributed by atoms with Gasteiger partial charge in [0.1, 0.15) is 11.8 Å². The molecule has 0 aliphatic carbocycles. The highest BCUT2D eigenvalue weighted by atomic mass is 35.5. The van der Waals surface area contributed by atoms with Gasteiger partial charge in [0.2, 0.25) is 5.91 Å². The van der Waals surface area contributed by atoms with Crippen molar-refractivity contribution in [3.8, 4) is 5.75 Å². The fourth-order valence-electron chi connectivity index (χ4n) is 3.99. The molecule has 0 aliphatic heterocycles. The SMILES string of the molecule is Cc1ccc(CNC(=O)[C@@H](c2ccccc2)N(Cc2ccccc2)C(=O)COc2ccccc2Cl)cc1. The van der Waals surface area contributed by atoms with Crippen molar-refractivity contribution in [3.05, 3.63) is 136 Å². The van der Waals surface area contributed by atoms with Gasteiger partial charge >= 0.3 is 0 Å². The predicted octanol–water partition coefficient (Wildman–Crippen LogP) is 6.11. The van der Waals surface area contributed by atoms with Crippen molar-refractivity contribution in [1.82, 2.24) is 10.2 Å². The number of hydrogen-bond donors (Lipinski definition) is 1. The summed E-state index contributed by atoms with van der Waals surface area (Å²) in [5.74, 6) is -0.186. The second kappa shape index (κ2) is 12.7. The van der Waals surface area contributed by atoms with E-state index in [2.05, 4.69) is 5.32 Å². The number of ether oxygens (including phenoxy) is 1. The van der Waals surface area contributed by atoms with Gasteiger partial charge in [-0.1, -0.05) is 114 Å². The van der Waals surface area contributed by atoms with Crippen molar-refractivity contribution < 1.29 is 14.3 Å². The number of para-hydroxylation sites is 1. The van der Waals surface area contributed by atoms with Crippen LogP contribution in [0.1, 0.15) is 28.3 Å². The molecule has 1 N–H and O–H groups in total. The normalized spacial score (nSPS) is 11.4. The van der Waals surface area contributed by atoms with Crippen molar-refractivity contribution in [2.24, 2.45) is 0 Å². The summed E-state index contributed by atoms with van der Waals surface area (Å²) in [6, 6.07) is 33.0. The molecule has 0 fully saturated rings. The Balaban J connectivity index is 1.62. The summed E-state index contributed by atoms with van der Waals surface area (Å²) in [5, 5.41) is 3.44. The maximum Gasteiger partial charge on any atom is 0.261 e. The summed E-state index contributed by atoms with van der Waals surface area (Å²) in [4.78, 5) is 28.9. The number of aryl methyl sites for hydroxylation is 1. The first-order valence-electron chi connectivity index (χ1n) is 12.1. The van der Waals surface area contributed by atoms with E-state index in [-0.39, 0.29) is 25.0 Å². The van der Waals surface area contributed by atoms with Gasteiger partial charge in [0.05, 0.1) is 5.02 Å². The molecule has 0 saturated heterocycles. The van der Waals surface area contributed by atoms with Gasteiger partial charge < -0.3 is 15.0 Å². The van der Waals surface area contributed by atoms with Gasteiger partial charge in [-0.15, -0.1) is 0 Å². The zero-order chi connectivity index (χ0) is 26.0. The summed E-state index contributed by atoms with van der Waals surface area (Å²) in [7, 11) is 0. The Hall–Kier alpha value is -4.09. The average Bonchev–Trinajstić information content (AvgIpc) is 2.93. The van der Waals surface area contributed by atoms with Gasteiger partial charge in [-0.05, 0) is 35.7 Å². The van der Waals surface area contributed by atoms with Crippen molar-refractivity contribution >= 4 is 23.4 Å². The van der Waals surface area contributed by atoms with Crippen LogP contribution in [0.5, 0.6) is 5.75 Å². The summed E-state index contributed by atoms with van der Waals surface area (Å²) >= 11 is 6.22. The van der Waals surface area contributed by atoms with E-state index in [0.29, 0.717) is 22.9 Å². The fraction of sp³-hybridized carbons (Fsp3) is 0.161. The monoisotopic (exact) mass is 512 g/mol. The third kappa shape index (κ3) is 7.21. The average molecular weight is 513 g/mol. The zero-order valence-corrected chi connectivity index (χ0v) is 21.4.